The molecular formula is C20H20N6OS. The molecule has 3 aromatic rings. The summed E-state index contributed by atoms with van der Waals surface area (Å²) in [6.45, 7) is 6.08. The number of thioether (sulfide) groups is 1. The second-order valence-electron chi connectivity index (χ2n) is 6.56. The Bertz CT molecular complexity index is 989. The number of hydrogen-bond donors (Lipinski definition) is 1. The highest BCUT2D eigenvalue weighted by Crippen LogP contribution is 2.25. The normalized spacial score (nSPS) is 11.8. The minimum Gasteiger partial charge on any atom is -0.325 e. The standard InChI is InChI=1S/C20H20N6OS/c1-13(2)16-6-10-18(11-7-16)26-20(23-24-25-26)28-14(3)19(27)22-17-8-4-15(12-21)5-9-17/h4-11,13-14H,1-3H3,(H,22,27)/t14-/m0/s1. The number of aromatic nitrogens is 4. The van der Waals surface area contributed by atoms with Crippen molar-refractivity contribution in [1.29, 1.82) is 5.26 Å². The van der Waals surface area contributed by atoms with E-state index in [0.717, 1.165) is 5.69 Å². The lowest BCUT2D eigenvalue weighted by Gasteiger charge is -2.12. The third kappa shape index (κ3) is 4.56. The fraction of sp³-hybridized carbons (Fsp3) is 0.250. The third-order valence-corrected chi connectivity index (χ3v) is 5.21. The van der Waals surface area contributed by atoms with E-state index in [1.165, 1.54) is 17.3 Å². The first-order chi connectivity index (χ1) is 13.5. The molecule has 142 valence electrons. The lowest BCUT2D eigenvalue weighted by Crippen LogP contribution is -2.22. The zero-order valence-electron chi connectivity index (χ0n) is 15.8. The number of nitrogens with one attached hydrogen (secondary N) is 1. The number of amides is 1. The molecule has 3 rings (SSSR count). The summed E-state index contributed by atoms with van der Waals surface area (Å²) in [5.74, 6) is 0.280. The number of carbonyl (C=O) groups excluding carboxylic acids is 1. The molecule has 1 heterocycles. The van der Waals surface area contributed by atoms with Crippen LogP contribution in [0.4, 0.5) is 5.69 Å². The lowest BCUT2D eigenvalue weighted by atomic mass is 10.0. The molecule has 7 nitrogen and oxygen atoms in total. The van der Waals surface area contributed by atoms with Gasteiger partial charge in [-0.25, -0.2) is 0 Å². The van der Waals surface area contributed by atoms with Crippen molar-refractivity contribution in [3.8, 4) is 11.8 Å². The van der Waals surface area contributed by atoms with Crippen molar-refractivity contribution in [2.75, 3.05) is 5.32 Å². The minimum atomic E-state index is -0.407. The zero-order valence-corrected chi connectivity index (χ0v) is 16.6. The van der Waals surface area contributed by atoms with Gasteiger partial charge in [0.05, 0.1) is 22.6 Å². The lowest BCUT2D eigenvalue weighted by molar-refractivity contribution is -0.115. The number of nitrogens with zero attached hydrogens (tertiary/aromatic N) is 5. The highest BCUT2D eigenvalue weighted by Gasteiger charge is 2.19. The summed E-state index contributed by atoms with van der Waals surface area (Å²) in [4.78, 5) is 12.5. The van der Waals surface area contributed by atoms with Crippen LogP contribution in [0.3, 0.4) is 0 Å². The molecule has 0 fully saturated rings. The monoisotopic (exact) mass is 392 g/mol. The van der Waals surface area contributed by atoms with Gasteiger partial charge in [-0.15, -0.1) is 5.10 Å². The fourth-order valence-electron chi connectivity index (χ4n) is 2.50. The fourth-order valence-corrected chi connectivity index (χ4v) is 3.31. The van der Waals surface area contributed by atoms with Crippen LogP contribution < -0.4 is 5.32 Å². The summed E-state index contributed by atoms with van der Waals surface area (Å²) in [5.41, 5.74) is 3.26. The van der Waals surface area contributed by atoms with Gasteiger partial charge in [-0.3, -0.25) is 4.79 Å². The topological polar surface area (TPSA) is 96.5 Å². The van der Waals surface area contributed by atoms with Crippen LogP contribution in [0, 0.1) is 11.3 Å². The highest BCUT2D eigenvalue weighted by atomic mass is 32.2. The van der Waals surface area contributed by atoms with E-state index in [-0.39, 0.29) is 5.91 Å². The Hall–Kier alpha value is -3.18. The molecule has 0 aliphatic rings. The number of tetrazole rings is 1. The van der Waals surface area contributed by atoms with Crippen LogP contribution in [-0.4, -0.2) is 31.4 Å². The predicted octanol–water partition coefficient (Wildman–Crippen LogP) is 3.78. The Kier molecular flexibility index (Phi) is 6.06. The molecule has 28 heavy (non-hydrogen) atoms. The molecule has 0 saturated carbocycles. The van der Waals surface area contributed by atoms with Crippen LogP contribution in [0.1, 0.15) is 37.8 Å². The van der Waals surface area contributed by atoms with E-state index < -0.39 is 5.25 Å². The number of carbonyl (C=O) groups is 1. The van der Waals surface area contributed by atoms with Crippen molar-refractivity contribution < 1.29 is 4.79 Å². The molecule has 1 amide bonds. The summed E-state index contributed by atoms with van der Waals surface area (Å²) in [5, 5.41) is 23.7. The van der Waals surface area contributed by atoms with Gasteiger partial charge >= 0.3 is 0 Å². The second-order valence-corrected chi connectivity index (χ2v) is 7.87. The summed E-state index contributed by atoms with van der Waals surface area (Å²) in [7, 11) is 0. The predicted molar refractivity (Wildman–Crippen MR) is 108 cm³/mol. The summed E-state index contributed by atoms with van der Waals surface area (Å²) < 4.78 is 1.63. The summed E-state index contributed by atoms with van der Waals surface area (Å²) in [6.07, 6.45) is 0. The van der Waals surface area contributed by atoms with E-state index in [1.807, 2.05) is 18.2 Å². The van der Waals surface area contributed by atoms with Crippen LogP contribution in [0.25, 0.3) is 5.69 Å². The molecular weight excluding hydrogens is 372 g/mol. The first kappa shape index (κ1) is 19.6. The Morgan fingerprint density at radius 2 is 1.79 bits per heavy atom. The molecule has 0 unspecified atom stereocenters. The Morgan fingerprint density at radius 3 is 2.39 bits per heavy atom. The SMILES string of the molecule is CC(C)c1ccc(-n2nnnc2S[C@@H](C)C(=O)Nc2ccc(C#N)cc2)cc1. The van der Waals surface area contributed by atoms with Crippen LogP contribution in [0.2, 0.25) is 0 Å². The van der Waals surface area contributed by atoms with Gasteiger partial charge in [0.1, 0.15) is 0 Å². The Morgan fingerprint density at radius 1 is 1.11 bits per heavy atom. The molecule has 0 saturated heterocycles. The maximum atomic E-state index is 12.5. The van der Waals surface area contributed by atoms with Crippen molar-refractivity contribution in [3.05, 3.63) is 59.7 Å². The zero-order chi connectivity index (χ0) is 20.1. The van der Waals surface area contributed by atoms with Gasteiger partial charge in [0.25, 0.3) is 0 Å². The Balaban J connectivity index is 1.69. The van der Waals surface area contributed by atoms with Gasteiger partial charge < -0.3 is 5.32 Å². The summed E-state index contributed by atoms with van der Waals surface area (Å²) >= 11 is 1.28. The second kappa shape index (κ2) is 8.67. The largest absolute Gasteiger partial charge is 0.325 e. The van der Waals surface area contributed by atoms with Gasteiger partial charge in [-0.2, -0.15) is 9.94 Å². The quantitative estimate of drug-likeness (QED) is 0.641. The molecule has 0 aliphatic heterocycles. The van der Waals surface area contributed by atoms with Gasteiger partial charge in [0.2, 0.25) is 11.1 Å². The number of hydrogen-bond acceptors (Lipinski definition) is 6. The molecule has 0 bridgehead atoms. The van der Waals surface area contributed by atoms with Crippen LogP contribution in [0.5, 0.6) is 0 Å². The smallest absolute Gasteiger partial charge is 0.237 e. The molecule has 0 aliphatic carbocycles. The maximum Gasteiger partial charge on any atom is 0.237 e. The van der Waals surface area contributed by atoms with Gasteiger partial charge in [-0.1, -0.05) is 37.7 Å². The van der Waals surface area contributed by atoms with Crippen molar-refractivity contribution >= 4 is 23.4 Å². The Labute approximate surface area is 167 Å². The van der Waals surface area contributed by atoms with Crippen molar-refractivity contribution in [2.24, 2.45) is 0 Å². The maximum absolute atomic E-state index is 12.5. The van der Waals surface area contributed by atoms with Crippen LogP contribution in [-0.2, 0) is 4.79 Å². The average Bonchev–Trinajstić information content (AvgIpc) is 3.16. The highest BCUT2D eigenvalue weighted by molar-refractivity contribution is 8.00. The van der Waals surface area contributed by atoms with Gasteiger partial charge in [0.15, 0.2) is 0 Å². The van der Waals surface area contributed by atoms with E-state index >= 15 is 0 Å². The minimum absolute atomic E-state index is 0.167. The number of anilines is 1. The molecule has 0 radical (unpaired) electrons. The van der Waals surface area contributed by atoms with E-state index in [9.17, 15) is 4.79 Å². The van der Waals surface area contributed by atoms with E-state index in [4.69, 9.17) is 5.26 Å². The summed E-state index contributed by atoms with van der Waals surface area (Å²) in [6, 6.07) is 16.8. The molecule has 1 N–H and O–H groups in total. The number of benzene rings is 2. The van der Waals surface area contributed by atoms with E-state index in [0.29, 0.717) is 22.3 Å². The van der Waals surface area contributed by atoms with Gasteiger partial charge in [-0.05, 0) is 65.2 Å². The molecule has 0 spiro atoms. The third-order valence-electron chi connectivity index (χ3n) is 4.18. The van der Waals surface area contributed by atoms with Gasteiger partial charge in [0, 0.05) is 5.69 Å². The first-order valence-corrected chi connectivity index (χ1v) is 9.72. The van der Waals surface area contributed by atoms with Crippen LogP contribution >= 0.6 is 11.8 Å². The number of nitriles is 1. The molecule has 2 aromatic carbocycles. The van der Waals surface area contributed by atoms with Crippen molar-refractivity contribution in [1.82, 2.24) is 20.2 Å². The molecule has 1 aromatic heterocycles. The molecule has 8 heteroatoms. The molecule has 1 atom stereocenters. The van der Waals surface area contributed by atoms with E-state index in [1.54, 1.807) is 35.9 Å². The van der Waals surface area contributed by atoms with Crippen LogP contribution in [0.15, 0.2) is 53.7 Å². The first-order valence-electron chi connectivity index (χ1n) is 8.84. The van der Waals surface area contributed by atoms with Crippen molar-refractivity contribution in [3.63, 3.8) is 0 Å². The number of rotatable bonds is 6. The average molecular weight is 392 g/mol. The van der Waals surface area contributed by atoms with E-state index in [2.05, 4.69) is 46.8 Å². The van der Waals surface area contributed by atoms with Crippen molar-refractivity contribution in [2.45, 2.75) is 37.1 Å².